The molecule has 124 valence electrons. The van der Waals surface area contributed by atoms with Crippen molar-refractivity contribution in [1.29, 1.82) is 0 Å². The summed E-state index contributed by atoms with van der Waals surface area (Å²) >= 11 is 0. The molecular weight excluding hydrogens is 302 g/mol. The number of alkyl halides is 4. The van der Waals surface area contributed by atoms with Crippen LogP contribution in [-0.2, 0) is 16.7 Å². The van der Waals surface area contributed by atoms with E-state index in [0.29, 0.717) is 12.8 Å². The van der Waals surface area contributed by atoms with Crippen LogP contribution in [0.2, 0.25) is 0 Å². The van der Waals surface area contributed by atoms with Crippen LogP contribution in [0.25, 0.3) is 0 Å². The molecule has 0 aliphatic heterocycles. The lowest BCUT2D eigenvalue weighted by molar-refractivity contribution is -0.283. The molecular formula is C15H19F4NO2. The van der Waals surface area contributed by atoms with Crippen molar-refractivity contribution in [2.24, 2.45) is 5.73 Å². The maximum Gasteiger partial charge on any atom is 0.416 e. The topological polar surface area (TPSA) is 55.5 Å². The molecule has 1 saturated carbocycles. The summed E-state index contributed by atoms with van der Waals surface area (Å²) in [6, 6.07) is 3.77. The summed E-state index contributed by atoms with van der Waals surface area (Å²) in [4.78, 5) is 0. The summed E-state index contributed by atoms with van der Waals surface area (Å²) in [5, 5.41) is 10.6. The highest BCUT2D eigenvalue weighted by Gasteiger charge is 2.54. The Morgan fingerprint density at radius 2 is 1.77 bits per heavy atom. The van der Waals surface area contributed by atoms with Crippen molar-refractivity contribution in [2.45, 2.75) is 49.4 Å². The van der Waals surface area contributed by atoms with Crippen molar-refractivity contribution in [2.75, 3.05) is 7.11 Å². The fourth-order valence-corrected chi connectivity index (χ4v) is 2.90. The van der Waals surface area contributed by atoms with E-state index in [0.717, 1.165) is 25.3 Å². The SMILES string of the molecule is COC(O)(c1cccc(C(F)(F)F)c1)C1(F)CCC(N)CC1. The average Bonchev–Trinajstić information content (AvgIpc) is 2.48. The van der Waals surface area contributed by atoms with Gasteiger partial charge in [0.05, 0.1) is 5.56 Å². The first-order valence-electron chi connectivity index (χ1n) is 7.02. The van der Waals surface area contributed by atoms with Crippen molar-refractivity contribution in [1.82, 2.24) is 0 Å². The van der Waals surface area contributed by atoms with Gasteiger partial charge >= 0.3 is 6.18 Å². The maximum absolute atomic E-state index is 15.2. The van der Waals surface area contributed by atoms with E-state index < -0.39 is 23.2 Å². The molecule has 1 aromatic carbocycles. The van der Waals surface area contributed by atoms with E-state index in [1.165, 1.54) is 6.07 Å². The minimum Gasteiger partial charge on any atom is -0.359 e. The zero-order valence-corrected chi connectivity index (χ0v) is 12.2. The second-order valence-corrected chi connectivity index (χ2v) is 5.73. The summed E-state index contributed by atoms with van der Waals surface area (Å²) in [6.07, 6.45) is -4.06. The Morgan fingerprint density at radius 1 is 1.23 bits per heavy atom. The largest absolute Gasteiger partial charge is 0.416 e. The molecule has 1 unspecified atom stereocenters. The highest BCUT2D eigenvalue weighted by atomic mass is 19.4. The summed E-state index contributed by atoms with van der Waals surface area (Å²) in [6.45, 7) is 0. The zero-order chi connectivity index (χ0) is 16.6. The van der Waals surface area contributed by atoms with Crippen LogP contribution in [0.3, 0.4) is 0 Å². The predicted molar refractivity (Wildman–Crippen MR) is 72.6 cm³/mol. The van der Waals surface area contributed by atoms with E-state index in [9.17, 15) is 18.3 Å². The van der Waals surface area contributed by atoms with E-state index in [1.54, 1.807) is 0 Å². The maximum atomic E-state index is 15.2. The number of nitrogens with two attached hydrogens (primary N) is 1. The van der Waals surface area contributed by atoms with Crippen LogP contribution in [-0.4, -0.2) is 23.9 Å². The molecule has 1 aliphatic carbocycles. The van der Waals surface area contributed by atoms with Crippen LogP contribution in [0.1, 0.15) is 36.8 Å². The monoisotopic (exact) mass is 321 g/mol. The average molecular weight is 321 g/mol. The predicted octanol–water partition coefficient (Wildman–Crippen LogP) is 3.11. The lowest BCUT2D eigenvalue weighted by Gasteiger charge is -2.44. The Labute approximate surface area is 126 Å². The Kier molecular flexibility index (Phi) is 4.52. The molecule has 3 N–H and O–H groups in total. The zero-order valence-electron chi connectivity index (χ0n) is 12.2. The van der Waals surface area contributed by atoms with Crippen LogP contribution < -0.4 is 5.73 Å². The minimum absolute atomic E-state index is 0.0747. The van der Waals surface area contributed by atoms with E-state index in [4.69, 9.17) is 10.5 Å². The Bertz CT molecular complexity index is 527. The van der Waals surface area contributed by atoms with Gasteiger partial charge in [0.15, 0.2) is 5.67 Å². The van der Waals surface area contributed by atoms with E-state index in [2.05, 4.69) is 0 Å². The first-order valence-corrected chi connectivity index (χ1v) is 7.02. The van der Waals surface area contributed by atoms with Gasteiger partial charge in [-0.15, -0.1) is 0 Å². The van der Waals surface area contributed by atoms with E-state index in [1.807, 2.05) is 0 Å². The Hall–Kier alpha value is -1.18. The van der Waals surface area contributed by atoms with Gasteiger partial charge in [0.2, 0.25) is 5.79 Å². The first-order chi connectivity index (χ1) is 10.1. The lowest BCUT2D eigenvalue weighted by atomic mass is 9.75. The molecule has 22 heavy (non-hydrogen) atoms. The number of benzene rings is 1. The van der Waals surface area contributed by atoms with Crippen molar-refractivity contribution >= 4 is 0 Å². The molecule has 0 heterocycles. The molecule has 0 aromatic heterocycles. The molecule has 3 nitrogen and oxygen atoms in total. The summed E-state index contributed by atoms with van der Waals surface area (Å²) in [5.41, 5.74) is 2.33. The molecule has 7 heteroatoms. The van der Waals surface area contributed by atoms with Gasteiger partial charge in [-0.3, -0.25) is 0 Å². The fourth-order valence-electron chi connectivity index (χ4n) is 2.90. The van der Waals surface area contributed by atoms with Crippen molar-refractivity contribution in [3.63, 3.8) is 0 Å². The van der Waals surface area contributed by atoms with Crippen LogP contribution in [0, 0.1) is 0 Å². The second kappa shape index (κ2) is 5.79. The third kappa shape index (κ3) is 2.98. The standard InChI is InChI=1S/C15H19F4NO2/c1-22-14(21,13(16)7-5-12(20)6-8-13)10-3-2-4-11(9-10)15(17,18)19/h2-4,9,12,21H,5-8,20H2,1H3. The Balaban J connectivity index is 2.42. The van der Waals surface area contributed by atoms with Gasteiger partial charge in [-0.1, -0.05) is 12.1 Å². The third-order valence-electron chi connectivity index (χ3n) is 4.31. The number of hydrogen-bond donors (Lipinski definition) is 2. The van der Waals surface area contributed by atoms with Gasteiger partial charge in [-0.2, -0.15) is 13.2 Å². The summed E-state index contributed by atoms with van der Waals surface area (Å²) < 4.78 is 58.6. The summed E-state index contributed by atoms with van der Waals surface area (Å²) in [7, 11) is 1.08. The van der Waals surface area contributed by atoms with Crippen molar-refractivity contribution in [3.8, 4) is 0 Å². The molecule has 1 atom stereocenters. The number of aliphatic hydroxyl groups is 1. The number of ether oxygens (including phenoxy) is 1. The highest BCUT2D eigenvalue weighted by molar-refractivity contribution is 5.31. The molecule has 2 rings (SSSR count). The second-order valence-electron chi connectivity index (χ2n) is 5.73. The number of hydrogen-bond acceptors (Lipinski definition) is 3. The van der Waals surface area contributed by atoms with E-state index >= 15 is 4.39 Å². The molecule has 1 fully saturated rings. The third-order valence-corrected chi connectivity index (χ3v) is 4.31. The van der Waals surface area contributed by atoms with Crippen molar-refractivity contribution < 1.29 is 27.4 Å². The number of rotatable bonds is 3. The van der Waals surface area contributed by atoms with Crippen molar-refractivity contribution in [3.05, 3.63) is 35.4 Å². The Morgan fingerprint density at radius 3 is 2.27 bits per heavy atom. The highest BCUT2D eigenvalue weighted by Crippen LogP contribution is 2.47. The van der Waals surface area contributed by atoms with Gasteiger partial charge in [0.1, 0.15) is 0 Å². The molecule has 1 aliphatic rings. The first kappa shape index (κ1) is 17.2. The van der Waals surface area contributed by atoms with Gasteiger partial charge in [0.25, 0.3) is 0 Å². The molecule has 0 amide bonds. The van der Waals surface area contributed by atoms with Gasteiger partial charge < -0.3 is 15.6 Å². The molecule has 1 aromatic rings. The van der Waals surface area contributed by atoms with Gasteiger partial charge in [-0.25, -0.2) is 4.39 Å². The minimum atomic E-state index is -4.58. The van der Waals surface area contributed by atoms with Crippen LogP contribution >= 0.6 is 0 Å². The normalized spacial score (nSPS) is 29.1. The van der Waals surface area contributed by atoms with Crippen LogP contribution in [0.15, 0.2) is 24.3 Å². The summed E-state index contributed by atoms with van der Waals surface area (Å²) in [5.74, 6) is -2.44. The van der Waals surface area contributed by atoms with E-state index in [-0.39, 0.29) is 24.4 Å². The smallest absolute Gasteiger partial charge is 0.359 e. The number of halogens is 4. The van der Waals surface area contributed by atoms with Gasteiger partial charge in [-0.05, 0) is 37.8 Å². The molecule has 0 radical (unpaired) electrons. The quantitative estimate of drug-likeness (QED) is 0.664. The lowest BCUT2D eigenvalue weighted by Crippen LogP contribution is -2.53. The van der Waals surface area contributed by atoms with Crippen LogP contribution in [0.5, 0.6) is 0 Å². The molecule has 0 spiro atoms. The van der Waals surface area contributed by atoms with Crippen LogP contribution in [0.4, 0.5) is 17.6 Å². The van der Waals surface area contributed by atoms with Gasteiger partial charge in [0, 0.05) is 18.7 Å². The molecule has 0 bridgehead atoms. The fraction of sp³-hybridized carbons (Fsp3) is 0.600. The number of methoxy groups -OCH3 is 1. The molecule has 0 saturated heterocycles.